The van der Waals surface area contributed by atoms with E-state index >= 15 is 0 Å². The minimum absolute atomic E-state index is 0.376. The van der Waals surface area contributed by atoms with Crippen molar-refractivity contribution in [3.8, 4) is 0 Å². The molecule has 1 heterocycles. The van der Waals surface area contributed by atoms with E-state index in [2.05, 4.69) is 6.92 Å². The van der Waals surface area contributed by atoms with Gasteiger partial charge in [0.2, 0.25) is 0 Å². The number of aryl methyl sites for hydroxylation is 2. The van der Waals surface area contributed by atoms with Gasteiger partial charge in [0, 0.05) is 18.9 Å². The molecule has 0 radical (unpaired) electrons. The largest absolute Gasteiger partial charge is 0.478 e. The zero-order valence-corrected chi connectivity index (χ0v) is 7.37. The molecule has 3 heteroatoms. The van der Waals surface area contributed by atoms with E-state index in [-0.39, 0.29) is 0 Å². The van der Waals surface area contributed by atoms with Crippen molar-refractivity contribution in [1.29, 1.82) is 0 Å². The molecule has 12 heavy (non-hydrogen) atoms. The fourth-order valence-electron chi connectivity index (χ4n) is 1.23. The van der Waals surface area contributed by atoms with Crippen molar-refractivity contribution < 1.29 is 9.90 Å². The van der Waals surface area contributed by atoms with Crippen molar-refractivity contribution >= 4 is 5.97 Å². The second-order valence-electron chi connectivity index (χ2n) is 2.89. The molecule has 0 bridgehead atoms. The Hall–Kier alpha value is -1.25. The van der Waals surface area contributed by atoms with Gasteiger partial charge in [0.15, 0.2) is 0 Å². The molecule has 0 atom stereocenters. The molecule has 0 aromatic carbocycles. The molecule has 1 aromatic heterocycles. The van der Waals surface area contributed by atoms with Crippen LogP contribution >= 0.6 is 0 Å². The first-order valence-electron chi connectivity index (χ1n) is 4.03. The van der Waals surface area contributed by atoms with Crippen molar-refractivity contribution in [1.82, 2.24) is 4.57 Å². The van der Waals surface area contributed by atoms with Gasteiger partial charge in [-0.2, -0.15) is 0 Å². The van der Waals surface area contributed by atoms with Gasteiger partial charge < -0.3 is 9.67 Å². The Bertz CT molecular complexity index is 289. The minimum atomic E-state index is -0.854. The second kappa shape index (κ2) is 3.43. The Kier molecular flexibility index (Phi) is 2.53. The molecular weight excluding hydrogens is 154 g/mol. The molecule has 66 valence electrons. The van der Waals surface area contributed by atoms with E-state index < -0.39 is 5.97 Å². The van der Waals surface area contributed by atoms with Crippen LogP contribution in [0.3, 0.4) is 0 Å². The summed E-state index contributed by atoms with van der Waals surface area (Å²) in [6.45, 7) is 2.08. The van der Waals surface area contributed by atoms with Crippen LogP contribution in [0.2, 0.25) is 0 Å². The number of nitrogens with zero attached hydrogens (tertiary/aromatic N) is 1. The quantitative estimate of drug-likeness (QED) is 0.744. The van der Waals surface area contributed by atoms with Gasteiger partial charge in [-0.1, -0.05) is 13.3 Å². The van der Waals surface area contributed by atoms with Crippen molar-refractivity contribution in [3.05, 3.63) is 23.5 Å². The van der Waals surface area contributed by atoms with Gasteiger partial charge in [0.1, 0.15) is 0 Å². The number of carboxylic acids is 1. The zero-order valence-electron chi connectivity index (χ0n) is 7.37. The van der Waals surface area contributed by atoms with E-state index in [4.69, 9.17) is 5.11 Å². The zero-order chi connectivity index (χ0) is 9.14. The lowest BCUT2D eigenvalue weighted by Crippen LogP contribution is -1.93. The molecule has 0 unspecified atom stereocenters. The molecule has 1 aromatic rings. The van der Waals surface area contributed by atoms with E-state index in [9.17, 15) is 4.79 Å². The highest BCUT2D eigenvalue weighted by Gasteiger charge is 2.07. The summed E-state index contributed by atoms with van der Waals surface area (Å²) in [4.78, 5) is 10.6. The van der Waals surface area contributed by atoms with Crippen LogP contribution in [0.5, 0.6) is 0 Å². The number of carbonyl (C=O) groups is 1. The predicted octanol–water partition coefficient (Wildman–Crippen LogP) is 1.68. The summed E-state index contributed by atoms with van der Waals surface area (Å²) >= 11 is 0. The number of carboxylic acid groups (broad SMARTS) is 1. The third-order valence-corrected chi connectivity index (χ3v) is 1.86. The Morgan fingerprint density at radius 2 is 2.33 bits per heavy atom. The van der Waals surface area contributed by atoms with E-state index in [0.717, 1.165) is 18.5 Å². The monoisotopic (exact) mass is 167 g/mol. The Balaban J connectivity index is 2.92. The van der Waals surface area contributed by atoms with Gasteiger partial charge in [0.05, 0.1) is 5.56 Å². The number of aromatic carboxylic acids is 1. The van der Waals surface area contributed by atoms with Gasteiger partial charge in [-0.3, -0.25) is 0 Å². The Morgan fingerprint density at radius 3 is 2.75 bits per heavy atom. The molecule has 0 amide bonds. The SMILES string of the molecule is CCCc1cc(C(=O)O)cn1C. The maximum absolute atomic E-state index is 10.6. The molecule has 0 aliphatic rings. The lowest BCUT2D eigenvalue weighted by atomic mass is 10.2. The average molecular weight is 167 g/mol. The molecule has 3 nitrogen and oxygen atoms in total. The van der Waals surface area contributed by atoms with Crippen molar-refractivity contribution in [2.45, 2.75) is 19.8 Å². The predicted molar refractivity (Wildman–Crippen MR) is 46.4 cm³/mol. The van der Waals surface area contributed by atoms with Gasteiger partial charge in [-0.15, -0.1) is 0 Å². The van der Waals surface area contributed by atoms with Crippen LogP contribution in [0.15, 0.2) is 12.3 Å². The van der Waals surface area contributed by atoms with Gasteiger partial charge in [-0.05, 0) is 12.5 Å². The van der Waals surface area contributed by atoms with Gasteiger partial charge >= 0.3 is 5.97 Å². The molecule has 0 fully saturated rings. The van der Waals surface area contributed by atoms with Crippen LogP contribution in [-0.4, -0.2) is 15.6 Å². The fraction of sp³-hybridized carbons (Fsp3) is 0.444. The minimum Gasteiger partial charge on any atom is -0.478 e. The molecule has 0 saturated carbocycles. The van der Waals surface area contributed by atoms with Crippen LogP contribution in [-0.2, 0) is 13.5 Å². The summed E-state index contributed by atoms with van der Waals surface area (Å²) in [5.41, 5.74) is 1.45. The number of hydrogen-bond donors (Lipinski definition) is 1. The maximum atomic E-state index is 10.6. The van der Waals surface area contributed by atoms with Crippen molar-refractivity contribution in [3.63, 3.8) is 0 Å². The number of aromatic nitrogens is 1. The van der Waals surface area contributed by atoms with Crippen LogP contribution in [0.4, 0.5) is 0 Å². The molecule has 1 N–H and O–H groups in total. The topological polar surface area (TPSA) is 42.2 Å². The van der Waals surface area contributed by atoms with Gasteiger partial charge in [-0.25, -0.2) is 4.79 Å². The first-order valence-corrected chi connectivity index (χ1v) is 4.03. The smallest absolute Gasteiger partial charge is 0.337 e. The van der Waals surface area contributed by atoms with Crippen LogP contribution in [0.1, 0.15) is 29.4 Å². The molecule has 0 aliphatic heterocycles. The van der Waals surface area contributed by atoms with Crippen LogP contribution in [0.25, 0.3) is 0 Å². The molecule has 0 aliphatic carbocycles. The first kappa shape index (κ1) is 8.84. The molecule has 0 saturated heterocycles. The van der Waals surface area contributed by atoms with Crippen molar-refractivity contribution in [2.75, 3.05) is 0 Å². The fourth-order valence-corrected chi connectivity index (χ4v) is 1.23. The van der Waals surface area contributed by atoms with Crippen LogP contribution < -0.4 is 0 Å². The summed E-state index contributed by atoms with van der Waals surface area (Å²) in [7, 11) is 1.87. The second-order valence-corrected chi connectivity index (χ2v) is 2.89. The molecule has 1 rings (SSSR count). The summed E-state index contributed by atoms with van der Waals surface area (Å²) in [5, 5.41) is 8.68. The lowest BCUT2D eigenvalue weighted by Gasteiger charge is -1.97. The maximum Gasteiger partial charge on any atom is 0.337 e. The summed E-state index contributed by atoms with van der Waals surface area (Å²) < 4.78 is 1.87. The van der Waals surface area contributed by atoms with Crippen LogP contribution in [0, 0.1) is 0 Å². The molecule has 0 spiro atoms. The highest BCUT2D eigenvalue weighted by molar-refractivity contribution is 5.87. The number of rotatable bonds is 3. The lowest BCUT2D eigenvalue weighted by molar-refractivity contribution is 0.0697. The van der Waals surface area contributed by atoms with E-state index in [1.54, 1.807) is 12.3 Å². The summed E-state index contributed by atoms with van der Waals surface area (Å²) in [6.07, 6.45) is 3.62. The van der Waals surface area contributed by atoms with E-state index in [0.29, 0.717) is 5.56 Å². The normalized spacial score (nSPS) is 10.2. The Morgan fingerprint density at radius 1 is 1.67 bits per heavy atom. The van der Waals surface area contributed by atoms with Gasteiger partial charge in [0.25, 0.3) is 0 Å². The highest BCUT2D eigenvalue weighted by Crippen LogP contribution is 2.08. The standard InChI is InChI=1S/C9H13NO2/c1-3-4-8-5-7(9(11)12)6-10(8)2/h5-6H,3-4H2,1-2H3,(H,11,12). The van der Waals surface area contributed by atoms with E-state index in [1.807, 2.05) is 11.6 Å². The van der Waals surface area contributed by atoms with Crippen molar-refractivity contribution in [2.24, 2.45) is 7.05 Å². The Labute approximate surface area is 71.6 Å². The average Bonchev–Trinajstić information content (AvgIpc) is 2.34. The summed E-state index contributed by atoms with van der Waals surface area (Å²) in [6, 6.07) is 1.73. The third kappa shape index (κ3) is 1.67. The summed E-state index contributed by atoms with van der Waals surface area (Å²) in [5.74, 6) is -0.854. The highest BCUT2D eigenvalue weighted by atomic mass is 16.4. The molecular formula is C9H13NO2. The van der Waals surface area contributed by atoms with E-state index in [1.165, 1.54) is 0 Å². The number of hydrogen-bond acceptors (Lipinski definition) is 1. The first-order chi connectivity index (χ1) is 5.65. The third-order valence-electron chi connectivity index (χ3n) is 1.86.